The molecule has 4 heteroatoms. The summed E-state index contributed by atoms with van der Waals surface area (Å²) in [6.07, 6.45) is 0. The fourth-order valence-electron chi connectivity index (χ4n) is 2.29. The van der Waals surface area contributed by atoms with Crippen molar-refractivity contribution in [3.63, 3.8) is 0 Å². The maximum Gasteiger partial charge on any atom is 0.119 e. The molecule has 88 valence electrons. The average molecular weight is 222 g/mol. The van der Waals surface area contributed by atoms with Crippen molar-refractivity contribution in [2.75, 3.05) is 32.2 Å². The summed E-state index contributed by atoms with van der Waals surface area (Å²) in [5.74, 6) is 1.02. The van der Waals surface area contributed by atoms with Gasteiger partial charge in [0, 0.05) is 31.2 Å². The Bertz CT molecular complexity index is 381. The molecule has 0 fully saturated rings. The van der Waals surface area contributed by atoms with Crippen molar-refractivity contribution >= 4 is 5.69 Å². The van der Waals surface area contributed by atoms with Crippen molar-refractivity contribution in [2.45, 2.75) is 12.0 Å². The summed E-state index contributed by atoms with van der Waals surface area (Å²) < 4.78 is 5.21. The molecule has 3 N–H and O–H groups in total. The van der Waals surface area contributed by atoms with Gasteiger partial charge in [-0.2, -0.15) is 0 Å². The van der Waals surface area contributed by atoms with E-state index < -0.39 is 0 Å². The lowest BCUT2D eigenvalue weighted by Crippen LogP contribution is -2.34. The fourth-order valence-corrected chi connectivity index (χ4v) is 2.29. The first-order valence-electron chi connectivity index (χ1n) is 5.43. The first-order valence-corrected chi connectivity index (χ1v) is 5.43. The van der Waals surface area contributed by atoms with E-state index in [1.165, 1.54) is 11.3 Å². The second-order valence-corrected chi connectivity index (χ2v) is 4.26. The van der Waals surface area contributed by atoms with Crippen LogP contribution in [0.5, 0.6) is 5.75 Å². The molecule has 0 aromatic heterocycles. The van der Waals surface area contributed by atoms with Gasteiger partial charge in [0.15, 0.2) is 0 Å². The molecule has 0 bridgehead atoms. The molecule has 1 aromatic rings. The smallest absolute Gasteiger partial charge is 0.119 e. The highest BCUT2D eigenvalue weighted by atomic mass is 16.5. The van der Waals surface area contributed by atoms with E-state index in [1.807, 2.05) is 25.2 Å². The van der Waals surface area contributed by atoms with Crippen LogP contribution in [0.25, 0.3) is 0 Å². The summed E-state index contributed by atoms with van der Waals surface area (Å²) in [5.41, 5.74) is 8.27. The van der Waals surface area contributed by atoms with Crippen molar-refractivity contribution in [2.24, 2.45) is 5.73 Å². The fraction of sp³-hybridized carbons (Fsp3) is 0.500. The summed E-state index contributed by atoms with van der Waals surface area (Å²) in [6.45, 7) is 0.861. The molecule has 0 spiro atoms. The summed E-state index contributed by atoms with van der Waals surface area (Å²) in [4.78, 5) is 2.16. The third-order valence-electron chi connectivity index (χ3n) is 3.24. The maximum absolute atomic E-state index is 9.16. The zero-order valence-corrected chi connectivity index (χ0v) is 9.68. The molecule has 0 aliphatic carbocycles. The molecule has 0 saturated carbocycles. The number of aliphatic hydroxyl groups excluding tert-OH is 1. The van der Waals surface area contributed by atoms with Crippen molar-refractivity contribution in [1.82, 2.24) is 0 Å². The van der Waals surface area contributed by atoms with Crippen LogP contribution in [0.3, 0.4) is 0 Å². The Kier molecular flexibility index (Phi) is 3.03. The van der Waals surface area contributed by atoms with E-state index in [4.69, 9.17) is 15.6 Å². The molecule has 1 aromatic carbocycles. The van der Waals surface area contributed by atoms with Crippen LogP contribution in [0.2, 0.25) is 0 Å². The van der Waals surface area contributed by atoms with Crippen molar-refractivity contribution in [3.8, 4) is 5.75 Å². The maximum atomic E-state index is 9.16. The molecule has 1 heterocycles. The van der Waals surface area contributed by atoms with E-state index in [0.29, 0.717) is 0 Å². The minimum Gasteiger partial charge on any atom is -0.497 e. The van der Waals surface area contributed by atoms with Gasteiger partial charge < -0.3 is 20.5 Å². The van der Waals surface area contributed by atoms with E-state index in [2.05, 4.69) is 4.90 Å². The minimum atomic E-state index is -0.212. The lowest BCUT2D eigenvalue weighted by atomic mass is 9.94. The molecule has 16 heavy (non-hydrogen) atoms. The van der Waals surface area contributed by atoms with E-state index in [1.54, 1.807) is 7.11 Å². The molecule has 2 atom stereocenters. The highest BCUT2D eigenvalue weighted by Crippen LogP contribution is 2.38. The molecule has 4 nitrogen and oxygen atoms in total. The minimum absolute atomic E-state index is 0.00908. The third-order valence-corrected chi connectivity index (χ3v) is 3.24. The Hall–Kier alpha value is -1.26. The molecule has 0 saturated heterocycles. The van der Waals surface area contributed by atoms with Gasteiger partial charge in [-0.15, -0.1) is 0 Å². The third kappa shape index (κ3) is 1.74. The zero-order chi connectivity index (χ0) is 11.7. The monoisotopic (exact) mass is 222 g/mol. The predicted octanol–water partition coefficient (Wildman–Crippen LogP) is 0.548. The van der Waals surface area contributed by atoms with Crippen LogP contribution in [-0.4, -0.2) is 38.5 Å². The molecular formula is C12H18N2O2. The number of methoxy groups -OCH3 is 1. The van der Waals surface area contributed by atoms with Gasteiger partial charge in [-0.05, 0) is 23.8 Å². The number of hydrogen-bond donors (Lipinski definition) is 2. The Morgan fingerprint density at radius 3 is 3.00 bits per heavy atom. The highest BCUT2D eigenvalue weighted by Gasteiger charge is 2.30. The van der Waals surface area contributed by atoms with E-state index >= 15 is 0 Å². The number of rotatable bonds is 3. The molecule has 0 radical (unpaired) electrons. The Morgan fingerprint density at radius 2 is 2.38 bits per heavy atom. The second-order valence-electron chi connectivity index (χ2n) is 4.26. The Balaban J connectivity index is 2.38. The van der Waals surface area contributed by atoms with Gasteiger partial charge in [0.25, 0.3) is 0 Å². The van der Waals surface area contributed by atoms with Crippen molar-refractivity contribution in [3.05, 3.63) is 23.8 Å². The highest BCUT2D eigenvalue weighted by molar-refractivity contribution is 5.62. The summed E-state index contributed by atoms with van der Waals surface area (Å²) >= 11 is 0. The van der Waals surface area contributed by atoms with Crippen LogP contribution in [0.15, 0.2) is 18.2 Å². The lowest BCUT2D eigenvalue weighted by molar-refractivity contribution is 0.251. The van der Waals surface area contributed by atoms with Crippen LogP contribution < -0.4 is 15.4 Å². The summed E-state index contributed by atoms with van der Waals surface area (Å²) in [5, 5.41) is 9.16. The van der Waals surface area contributed by atoms with Gasteiger partial charge in [0.1, 0.15) is 5.75 Å². The molecular weight excluding hydrogens is 204 g/mol. The number of benzene rings is 1. The summed E-state index contributed by atoms with van der Waals surface area (Å²) in [6, 6.07) is 5.79. The lowest BCUT2D eigenvalue weighted by Gasteiger charge is -2.17. The topological polar surface area (TPSA) is 58.7 Å². The van der Waals surface area contributed by atoms with Gasteiger partial charge in [-0.3, -0.25) is 0 Å². The summed E-state index contributed by atoms with van der Waals surface area (Å²) in [7, 11) is 3.69. The molecule has 1 aliphatic heterocycles. The van der Waals surface area contributed by atoms with Gasteiger partial charge in [-0.1, -0.05) is 0 Å². The van der Waals surface area contributed by atoms with Crippen LogP contribution in [0.4, 0.5) is 5.69 Å². The van der Waals surface area contributed by atoms with E-state index in [-0.39, 0.29) is 18.6 Å². The second kappa shape index (κ2) is 4.31. The van der Waals surface area contributed by atoms with Crippen LogP contribution >= 0.6 is 0 Å². The molecule has 2 rings (SSSR count). The first kappa shape index (κ1) is 11.2. The van der Waals surface area contributed by atoms with Crippen LogP contribution in [0.1, 0.15) is 11.5 Å². The zero-order valence-electron chi connectivity index (χ0n) is 9.68. The number of aliphatic hydroxyl groups is 1. The largest absolute Gasteiger partial charge is 0.497 e. The van der Waals surface area contributed by atoms with Gasteiger partial charge in [-0.25, -0.2) is 0 Å². The number of anilines is 1. The number of fused-ring (bicyclic) bond motifs is 1. The van der Waals surface area contributed by atoms with Crippen molar-refractivity contribution in [1.29, 1.82) is 0 Å². The van der Waals surface area contributed by atoms with Gasteiger partial charge >= 0.3 is 0 Å². The van der Waals surface area contributed by atoms with Gasteiger partial charge in [0.05, 0.1) is 13.7 Å². The SMILES string of the molecule is COc1ccc2c(c1)C(C(N)CO)CN2C. The average Bonchev–Trinajstić information content (AvgIpc) is 2.65. The number of ether oxygens (including phenoxy) is 1. The van der Waals surface area contributed by atoms with Crippen LogP contribution in [-0.2, 0) is 0 Å². The number of hydrogen-bond acceptors (Lipinski definition) is 4. The number of nitrogens with two attached hydrogens (primary N) is 1. The molecule has 1 aliphatic rings. The first-order chi connectivity index (χ1) is 7.67. The Morgan fingerprint density at radius 1 is 1.62 bits per heavy atom. The molecule has 0 amide bonds. The Labute approximate surface area is 95.6 Å². The quantitative estimate of drug-likeness (QED) is 0.784. The predicted molar refractivity (Wildman–Crippen MR) is 64.1 cm³/mol. The normalized spacial score (nSPS) is 20.8. The van der Waals surface area contributed by atoms with Crippen LogP contribution in [0, 0.1) is 0 Å². The van der Waals surface area contributed by atoms with E-state index in [0.717, 1.165) is 12.3 Å². The van der Waals surface area contributed by atoms with E-state index in [9.17, 15) is 0 Å². The van der Waals surface area contributed by atoms with Crippen molar-refractivity contribution < 1.29 is 9.84 Å². The van der Waals surface area contributed by atoms with Gasteiger partial charge in [0.2, 0.25) is 0 Å². The number of likely N-dealkylation sites (N-methyl/N-ethyl adjacent to an activating group) is 1. The molecule has 2 unspecified atom stereocenters. The number of nitrogens with zero attached hydrogens (tertiary/aromatic N) is 1. The standard InChI is InChI=1S/C12H18N2O2/c1-14-6-10(11(13)7-15)9-5-8(16-2)3-4-12(9)14/h3-5,10-11,15H,6-7,13H2,1-2H3.